The zero-order valence-electron chi connectivity index (χ0n) is 10.5. The van der Waals surface area contributed by atoms with Gasteiger partial charge in [-0.25, -0.2) is 0 Å². The van der Waals surface area contributed by atoms with Gasteiger partial charge in [0, 0.05) is 43.9 Å². The highest BCUT2D eigenvalue weighted by Crippen LogP contribution is 2.21. The molecule has 0 atom stereocenters. The lowest BCUT2D eigenvalue weighted by atomic mass is 10.1. The smallest absolute Gasteiger partial charge is 0.134 e. The minimum Gasteiger partial charge on any atom is -0.381 e. The van der Waals surface area contributed by atoms with Crippen molar-refractivity contribution in [3.63, 3.8) is 0 Å². The van der Waals surface area contributed by atoms with Gasteiger partial charge in [0.1, 0.15) is 10.7 Å². The Kier molecular flexibility index (Phi) is 4.70. The predicted molar refractivity (Wildman–Crippen MR) is 69.4 cm³/mol. The summed E-state index contributed by atoms with van der Waals surface area (Å²) in [6, 6.07) is 0.611. The Bertz CT molecular complexity index is 338. The van der Waals surface area contributed by atoms with Crippen molar-refractivity contribution in [1.29, 1.82) is 0 Å². The summed E-state index contributed by atoms with van der Waals surface area (Å²) in [6.45, 7) is 5.63. The topological polar surface area (TPSA) is 50.3 Å². The second-order valence-electron chi connectivity index (χ2n) is 4.34. The van der Waals surface area contributed by atoms with Gasteiger partial charge in [-0.2, -0.15) is 0 Å². The molecule has 1 saturated heterocycles. The van der Waals surface area contributed by atoms with Gasteiger partial charge in [0.15, 0.2) is 0 Å². The molecule has 1 N–H and O–H groups in total. The molecule has 2 heterocycles. The van der Waals surface area contributed by atoms with Gasteiger partial charge in [-0.1, -0.05) is 4.49 Å². The molecule has 0 unspecified atom stereocenters. The highest BCUT2D eigenvalue weighted by molar-refractivity contribution is 7.10. The van der Waals surface area contributed by atoms with Gasteiger partial charge in [0.25, 0.3) is 0 Å². The van der Waals surface area contributed by atoms with Crippen LogP contribution >= 0.6 is 11.5 Å². The summed E-state index contributed by atoms with van der Waals surface area (Å²) in [4.78, 5) is 2.36. The highest BCUT2D eigenvalue weighted by atomic mass is 32.1. The first kappa shape index (κ1) is 12.7. The fourth-order valence-corrected chi connectivity index (χ4v) is 2.74. The molecule has 6 heteroatoms. The molecule has 0 saturated carbocycles. The zero-order valence-corrected chi connectivity index (χ0v) is 11.3. The molecule has 0 aromatic carbocycles. The van der Waals surface area contributed by atoms with E-state index in [1.807, 2.05) is 0 Å². The first-order valence-electron chi connectivity index (χ1n) is 6.14. The molecule has 1 fully saturated rings. The molecule has 96 valence electrons. The lowest BCUT2D eigenvalue weighted by molar-refractivity contribution is 0.0404. The zero-order chi connectivity index (χ0) is 12.1. The molecular weight excluding hydrogens is 236 g/mol. The molecule has 1 aromatic rings. The van der Waals surface area contributed by atoms with Crippen molar-refractivity contribution in [3.8, 4) is 0 Å². The summed E-state index contributed by atoms with van der Waals surface area (Å²) in [6.07, 6.45) is 2.23. The molecular formula is C11H20N4OS. The van der Waals surface area contributed by atoms with Crippen LogP contribution in [0.4, 0.5) is 5.00 Å². The summed E-state index contributed by atoms with van der Waals surface area (Å²) < 4.78 is 9.40. The van der Waals surface area contributed by atoms with Crippen LogP contribution in [0.1, 0.15) is 25.5 Å². The van der Waals surface area contributed by atoms with E-state index in [0.717, 1.165) is 49.8 Å². The first-order chi connectivity index (χ1) is 8.31. The monoisotopic (exact) mass is 256 g/mol. The van der Waals surface area contributed by atoms with E-state index in [0.29, 0.717) is 6.04 Å². The second-order valence-corrected chi connectivity index (χ2v) is 5.09. The Labute approximate surface area is 106 Å². The van der Waals surface area contributed by atoms with E-state index < -0.39 is 0 Å². The molecule has 0 radical (unpaired) electrons. The SMILES string of the molecule is CCNc1snnc1CN(C)C1CCOCC1. The van der Waals surface area contributed by atoms with Gasteiger partial charge >= 0.3 is 0 Å². The Balaban J connectivity index is 1.92. The van der Waals surface area contributed by atoms with Crippen LogP contribution in [0.5, 0.6) is 0 Å². The number of nitrogens with zero attached hydrogens (tertiary/aromatic N) is 3. The summed E-state index contributed by atoms with van der Waals surface area (Å²) in [5.74, 6) is 0. The third-order valence-corrected chi connectivity index (χ3v) is 3.83. The fourth-order valence-electron chi connectivity index (χ4n) is 2.10. The van der Waals surface area contributed by atoms with E-state index in [-0.39, 0.29) is 0 Å². The summed E-state index contributed by atoms with van der Waals surface area (Å²) in [7, 11) is 2.16. The maximum Gasteiger partial charge on any atom is 0.134 e. The van der Waals surface area contributed by atoms with E-state index in [1.54, 1.807) is 0 Å². The van der Waals surface area contributed by atoms with E-state index in [4.69, 9.17) is 4.74 Å². The minimum absolute atomic E-state index is 0.611. The number of aromatic nitrogens is 2. The van der Waals surface area contributed by atoms with Crippen molar-refractivity contribution in [2.75, 3.05) is 32.1 Å². The van der Waals surface area contributed by atoms with Crippen molar-refractivity contribution in [3.05, 3.63) is 5.69 Å². The maximum absolute atomic E-state index is 5.38. The van der Waals surface area contributed by atoms with Gasteiger partial charge in [0.2, 0.25) is 0 Å². The van der Waals surface area contributed by atoms with E-state index >= 15 is 0 Å². The Hall–Kier alpha value is -0.720. The van der Waals surface area contributed by atoms with E-state index in [1.165, 1.54) is 11.5 Å². The molecule has 1 aliphatic heterocycles. The van der Waals surface area contributed by atoms with Crippen LogP contribution in [0.15, 0.2) is 0 Å². The third-order valence-electron chi connectivity index (χ3n) is 3.11. The first-order valence-corrected chi connectivity index (χ1v) is 6.91. The molecule has 1 aliphatic rings. The molecule has 1 aromatic heterocycles. The molecule has 0 bridgehead atoms. The number of hydrogen-bond donors (Lipinski definition) is 1. The van der Waals surface area contributed by atoms with Gasteiger partial charge in [-0.15, -0.1) is 5.10 Å². The van der Waals surface area contributed by atoms with E-state index in [9.17, 15) is 0 Å². The van der Waals surface area contributed by atoms with Crippen LogP contribution < -0.4 is 5.32 Å². The van der Waals surface area contributed by atoms with Crippen LogP contribution in [0.3, 0.4) is 0 Å². The van der Waals surface area contributed by atoms with Crippen LogP contribution in [-0.2, 0) is 11.3 Å². The summed E-state index contributed by atoms with van der Waals surface area (Å²) in [5.41, 5.74) is 1.06. The van der Waals surface area contributed by atoms with Crippen molar-refractivity contribution in [2.24, 2.45) is 0 Å². The largest absolute Gasteiger partial charge is 0.381 e. The number of hydrogen-bond acceptors (Lipinski definition) is 6. The van der Waals surface area contributed by atoms with Crippen molar-refractivity contribution in [2.45, 2.75) is 32.4 Å². The molecule has 17 heavy (non-hydrogen) atoms. The van der Waals surface area contributed by atoms with Crippen molar-refractivity contribution >= 4 is 16.5 Å². The normalized spacial score (nSPS) is 17.6. The van der Waals surface area contributed by atoms with Crippen molar-refractivity contribution < 1.29 is 4.74 Å². The predicted octanol–water partition coefficient (Wildman–Crippen LogP) is 1.58. The van der Waals surface area contributed by atoms with Gasteiger partial charge in [0.05, 0.1) is 0 Å². The lowest BCUT2D eigenvalue weighted by Crippen LogP contribution is -2.36. The van der Waals surface area contributed by atoms with Crippen LogP contribution in [0.2, 0.25) is 0 Å². The van der Waals surface area contributed by atoms with Gasteiger partial charge in [-0.3, -0.25) is 4.90 Å². The summed E-state index contributed by atoms with van der Waals surface area (Å²) >= 11 is 1.44. The average Bonchev–Trinajstić information content (AvgIpc) is 2.78. The Morgan fingerprint density at radius 2 is 2.24 bits per heavy atom. The number of rotatable bonds is 5. The van der Waals surface area contributed by atoms with Crippen molar-refractivity contribution in [1.82, 2.24) is 14.5 Å². The van der Waals surface area contributed by atoms with Gasteiger partial charge in [-0.05, 0) is 26.8 Å². The molecule has 0 amide bonds. The van der Waals surface area contributed by atoms with Gasteiger partial charge < -0.3 is 10.1 Å². The molecule has 5 nitrogen and oxygen atoms in total. The molecule has 0 aliphatic carbocycles. The maximum atomic E-state index is 5.38. The second kappa shape index (κ2) is 6.28. The Morgan fingerprint density at radius 1 is 1.47 bits per heavy atom. The lowest BCUT2D eigenvalue weighted by Gasteiger charge is -2.30. The molecule has 0 spiro atoms. The minimum atomic E-state index is 0.611. The molecule has 2 rings (SSSR count). The third kappa shape index (κ3) is 3.37. The fraction of sp³-hybridized carbons (Fsp3) is 0.818. The standard InChI is InChI=1S/C11H20N4OS/c1-3-12-11-10(13-14-17-11)8-15(2)9-4-6-16-7-5-9/h9,12H,3-8H2,1-2H3. The number of nitrogens with one attached hydrogen (secondary N) is 1. The van der Waals surface area contributed by atoms with Crippen LogP contribution in [0, 0.1) is 0 Å². The van der Waals surface area contributed by atoms with Crippen LogP contribution in [0.25, 0.3) is 0 Å². The highest BCUT2D eigenvalue weighted by Gasteiger charge is 2.20. The summed E-state index contributed by atoms with van der Waals surface area (Å²) in [5, 5.41) is 8.61. The van der Waals surface area contributed by atoms with E-state index in [2.05, 4.69) is 33.8 Å². The number of ether oxygens (including phenoxy) is 1. The Morgan fingerprint density at radius 3 is 2.94 bits per heavy atom. The average molecular weight is 256 g/mol. The van der Waals surface area contributed by atoms with Crippen LogP contribution in [-0.4, -0.2) is 47.3 Å². The number of anilines is 1. The quantitative estimate of drug-likeness (QED) is 0.867.